The van der Waals surface area contributed by atoms with E-state index in [-0.39, 0.29) is 43.6 Å². The molecular weight excluding hydrogens is 471 g/mol. The van der Waals surface area contributed by atoms with Crippen molar-refractivity contribution in [1.82, 2.24) is 14.9 Å². The number of anilines is 2. The number of alkyl halides is 3. The topological polar surface area (TPSA) is 127 Å². The van der Waals surface area contributed by atoms with Gasteiger partial charge in [0, 0.05) is 18.4 Å². The standard InChI is InChI=1S/C22H22F3N5O5/c23-22(24,25)35-17-8-6-15(7-9-17)27-21(33)29-18-14-30(19(28-18)20(32)26-10-12-31)11-13-34-16-4-2-1-3-5-16/h1-9,14,31H,10-13H2,(H,26,32)(H2,27,29,33). The van der Waals surface area contributed by atoms with Gasteiger partial charge in [-0.2, -0.15) is 0 Å². The molecule has 0 aliphatic heterocycles. The number of aliphatic hydroxyl groups excluding tert-OH is 1. The van der Waals surface area contributed by atoms with Crippen molar-refractivity contribution in [3.63, 3.8) is 0 Å². The van der Waals surface area contributed by atoms with Gasteiger partial charge in [0.25, 0.3) is 5.91 Å². The molecule has 10 nitrogen and oxygen atoms in total. The SMILES string of the molecule is O=C(Nc1ccc(OC(F)(F)F)cc1)Nc1cn(CCOc2ccccc2)c(C(=O)NCCO)n1. The lowest BCUT2D eigenvalue weighted by molar-refractivity contribution is -0.274. The Morgan fingerprint density at radius 3 is 2.37 bits per heavy atom. The monoisotopic (exact) mass is 493 g/mol. The summed E-state index contributed by atoms with van der Waals surface area (Å²) in [6, 6.07) is 12.9. The fraction of sp³-hybridized carbons (Fsp3) is 0.227. The number of urea groups is 1. The Morgan fingerprint density at radius 1 is 1.00 bits per heavy atom. The molecule has 13 heteroatoms. The van der Waals surface area contributed by atoms with Gasteiger partial charge in [-0.25, -0.2) is 9.78 Å². The number of ether oxygens (including phenoxy) is 2. The number of carbonyl (C=O) groups excluding carboxylic acids is 2. The maximum Gasteiger partial charge on any atom is 0.573 e. The van der Waals surface area contributed by atoms with Crippen LogP contribution in [-0.4, -0.2) is 52.7 Å². The second-order valence-electron chi connectivity index (χ2n) is 6.94. The van der Waals surface area contributed by atoms with Crippen molar-refractivity contribution in [3.05, 3.63) is 66.6 Å². The lowest BCUT2D eigenvalue weighted by Gasteiger charge is -2.10. The number of imidazole rings is 1. The van der Waals surface area contributed by atoms with Gasteiger partial charge < -0.3 is 29.8 Å². The van der Waals surface area contributed by atoms with Gasteiger partial charge in [-0.3, -0.25) is 10.1 Å². The molecule has 0 atom stereocenters. The Balaban J connectivity index is 1.64. The summed E-state index contributed by atoms with van der Waals surface area (Å²) < 4.78 is 47.7. The molecule has 2 aromatic carbocycles. The summed E-state index contributed by atoms with van der Waals surface area (Å²) in [6.45, 7) is 0.194. The van der Waals surface area contributed by atoms with Gasteiger partial charge in [0.15, 0.2) is 5.82 Å². The third-order valence-electron chi connectivity index (χ3n) is 4.31. The van der Waals surface area contributed by atoms with Gasteiger partial charge in [0.1, 0.15) is 18.1 Å². The van der Waals surface area contributed by atoms with Crippen LogP contribution in [0.4, 0.5) is 29.5 Å². The zero-order valence-electron chi connectivity index (χ0n) is 18.2. The average molecular weight is 493 g/mol. The highest BCUT2D eigenvalue weighted by Gasteiger charge is 2.31. The molecule has 0 unspecified atom stereocenters. The molecule has 0 bridgehead atoms. The van der Waals surface area contributed by atoms with E-state index in [0.29, 0.717) is 5.75 Å². The maximum absolute atomic E-state index is 12.4. The first-order chi connectivity index (χ1) is 16.7. The van der Waals surface area contributed by atoms with Crippen LogP contribution in [0.2, 0.25) is 0 Å². The minimum absolute atomic E-state index is 0.0148. The number of nitrogens with zero attached hydrogens (tertiary/aromatic N) is 2. The number of aliphatic hydroxyl groups is 1. The fourth-order valence-corrected chi connectivity index (χ4v) is 2.87. The summed E-state index contributed by atoms with van der Waals surface area (Å²) in [4.78, 5) is 28.8. The van der Waals surface area contributed by atoms with Crippen LogP contribution in [0.15, 0.2) is 60.8 Å². The number of para-hydroxylation sites is 1. The van der Waals surface area contributed by atoms with Gasteiger partial charge in [-0.1, -0.05) is 18.2 Å². The van der Waals surface area contributed by atoms with E-state index in [2.05, 4.69) is 25.7 Å². The minimum Gasteiger partial charge on any atom is -0.492 e. The van der Waals surface area contributed by atoms with Crippen molar-refractivity contribution < 1.29 is 37.3 Å². The van der Waals surface area contributed by atoms with Crippen LogP contribution >= 0.6 is 0 Å². The van der Waals surface area contributed by atoms with Crippen molar-refractivity contribution in [2.75, 3.05) is 30.4 Å². The predicted octanol–water partition coefficient (Wildman–Crippen LogP) is 3.23. The molecule has 0 aliphatic rings. The number of hydrogen-bond acceptors (Lipinski definition) is 6. The number of carbonyl (C=O) groups is 2. The lowest BCUT2D eigenvalue weighted by Crippen LogP contribution is -2.29. The fourth-order valence-electron chi connectivity index (χ4n) is 2.87. The van der Waals surface area contributed by atoms with Crippen LogP contribution < -0.4 is 25.4 Å². The second kappa shape index (κ2) is 11.7. The van der Waals surface area contributed by atoms with Gasteiger partial charge in [-0.05, 0) is 36.4 Å². The number of rotatable bonds is 10. The normalized spacial score (nSPS) is 11.0. The average Bonchev–Trinajstić information content (AvgIpc) is 3.21. The van der Waals surface area contributed by atoms with Gasteiger partial charge >= 0.3 is 12.4 Å². The first-order valence-corrected chi connectivity index (χ1v) is 10.3. The number of halogens is 3. The minimum atomic E-state index is -4.82. The second-order valence-corrected chi connectivity index (χ2v) is 6.94. The number of hydrogen-bond donors (Lipinski definition) is 4. The Bertz CT molecular complexity index is 1120. The van der Waals surface area contributed by atoms with Crippen molar-refractivity contribution >= 4 is 23.4 Å². The zero-order chi connectivity index (χ0) is 25.3. The Hall–Kier alpha value is -4.26. The largest absolute Gasteiger partial charge is 0.573 e. The van der Waals surface area contributed by atoms with E-state index < -0.39 is 24.1 Å². The summed E-state index contributed by atoms with van der Waals surface area (Å²) in [5, 5.41) is 16.3. The van der Waals surface area contributed by atoms with Crippen LogP contribution in [0, 0.1) is 0 Å². The van der Waals surface area contributed by atoms with Gasteiger partial charge in [0.2, 0.25) is 5.82 Å². The van der Waals surface area contributed by atoms with Crippen LogP contribution in [0.5, 0.6) is 11.5 Å². The molecule has 0 saturated heterocycles. The Morgan fingerprint density at radius 2 is 1.71 bits per heavy atom. The Labute approximate surface area is 197 Å². The smallest absolute Gasteiger partial charge is 0.492 e. The van der Waals surface area contributed by atoms with Crippen LogP contribution in [-0.2, 0) is 6.54 Å². The summed E-state index contributed by atoms with van der Waals surface area (Å²) >= 11 is 0. The molecule has 1 heterocycles. The summed E-state index contributed by atoms with van der Waals surface area (Å²) in [5.74, 6) is -0.318. The molecule has 3 aromatic rings. The molecular formula is C22H22F3N5O5. The highest BCUT2D eigenvalue weighted by Crippen LogP contribution is 2.24. The highest BCUT2D eigenvalue weighted by molar-refractivity contribution is 5.99. The molecule has 0 saturated carbocycles. The number of nitrogens with one attached hydrogen (secondary N) is 3. The van der Waals surface area contributed by atoms with Crippen LogP contribution in [0.1, 0.15) is 10.6 Å². The van der Waals surface area contributed by atoms with E-state index in [1.54, 1.807) is 12.1 Å². The van der Waals surface area contributed by atoms with Gasteiger partial charge in [0.05, 0.1) is 13.2 Å². The van der Waals surface area contributed by atoms with Crippen LogP contribution in [0.25, 0.3) is 0 Å². The Kier molecular flexibility index (Phi) is 8.51. The van der Waals surface area contributed by atoms with Crippen molar-refractivity contribution in [3.8, 4) is 11.5 Å². The molecule has 4 N–H and O–H groups in total. The lowest BCUT2D eigenvalue weighted by atomic mass is 10.3. The van der Waals surface area contributed by atoms with Crippen molar-refractivity contribution in [1.29, 1.82) is 0 Å². The first kappa shape index (κ1) is 25.4. The summed E-state index contributed by atoms with van der Waals surface area (Å²) in [6.07, 6.45) is -3.39. The maximum atomic E-state index is 12.4. The molecule has 3 rings (SSSR count). The molecule has 0 radical (unpaired) electrons. The zero-order valence-corrected chi connectivity index (χ0v) is 18.2. The first-order valence-electron chi connectivity index (χ1n) is 10.3. The third-order valence-corrected chi connectivity index (χ3v) is 4.31. The molecule has 0 aliphatic carbocycles. The molecule has 1 aromatic heterocycles. The van der Waals surface area contributed by atoms with Crippen molar-refractivity contribution in [2.24, 2.45) is 0 Å². The van der Waals surface area contributed by atoms with E-state index in [1.807, 2.05) is 18.2 Å². The number of amides is 3. The highest BCUT2D eigenvalue weighted by atomic mass is 19.4. The van der Waals surface area contributed by atoms with E-state index in [0.717, 1.165) is 12.1 Å². The van der Waals surface area contributed by atoms with E-state index >= 15 is 0 Å². The van der Waals surface area contributed by atoms with Gasteiger partial charge in [-0.15, -0.1) is 13.2 Å². The van der Waals surface area contributed by atoms with E-state index in [4.69, 9.17) is 9.84 Å². The number of aromatic nitrogens is 2. The number of benzene rings is 2. The summed E-state index contributed by atoms with van der Waals surface area (Å²) in [5.41, 5.74) is 0.202. The van der Waals surface area contributed by atoms with Crippen LogP contribution in [0.3, 0.4) is 0 Å². The molecule has 0 fully saturated rings. The van der Waals surface area contributed by atoms with E-state index in [1.165, 1.54) is 22.9 Å². The quantitative estimate of drug-likeness (QED) is 0.344. The van der Waals surface area contributed by atoms with E-state index in [9.17, 15) is 22.8 Å². The van der Waals surface area contributed by atoms with Crippen molar-refractivity contribution in [2.45, 2.75) is 12.9 Å². The summed E-state index contributed by atoms with van der Waals surface area (Å²) in [7, 11) is 0. The molecule has 0 spiro atoms. The molecule has 3 amide bonds. The predicted molar refractivity (Wildman–Crippen MR) is 119 cm³/mol. The molecule has 186 valence electrons. The third kappa shape index (κ3) is 8.23. The molecule has 35 heavy (non-hydrogen) atoms.